The van der Waals surface area contributed by atoms with Crippen LogP contribution >= 0.6 is 0 Å². The van der Waals surface area contributed by atoms with Gasteiger partial charge in [-0.3, -0.25) is 0 Å². The number of morpholine rings is 1. The van der Waals surface area contributed by atoms with Gasteiger partial charge in [-0.25, -0.2) is 15.0 Å². The summed E-state index contributed by atoms with van der Waals surface area (Å²) >= 11 is 0. The summed E-state index contributed by atoms with van der Waals surface area (Å²) < 4.78 is 5.45. The summed E-state index contributed by atoms with van der Waals surface area (Å²) in [4.78, 5) is 15.5. The second-order valence-corrected chi connectivity index (χ2v) is 7.07. The fourth-order valence-electron chi connectivity index (χ4n) is 3.75. The molecule has 0 radical (unpaired) electrons. The van der Waals surface area contributed by atoms with Gasteiger partial charge in [0.05, 0.1) is 24.4 Å². The van der Waals surface area contributed by atoms with E-state index in [9.17, 15) is 0 Å². The molecule has 0 bridgehead atoms. The Labute approximate surface area is 169 Å². The molecular weight excluding hydrogens is 362 g/mol. The summed E-state index contributed by atoms with van der Waals surface area (Å²) in [6.07, 6.45) is 3.35. The van der Waals surface area contributed by atoms with E-state index in [2.05, 4.69) is 56.3 Å². The molecule has 0 atom stereocenters. The van der Waals surface area contributed by atoms with Gasteiger partial charge >= 0.3 is 0 Å². The Kier molecular flexibility index (Phi) is 4.54. The van der Waals surface area contributed by atoms with Crippen molar-refractivity contribution in [2.75, 3.05) is 36.9 Å². The summed E-state index contributed by atoms with van der Waals surface area (Å²) in [5.41, 5.74) is 12.1. The van der Waals surface area contributed by atoms with Crippen molar-refractivity contribution < 1.29 is 4.74 Å². The van der Waals surface area contributed by atoms with Crippen LogP contribution in [0.1, 0.15) is 0 Å². The van der Waals surface area contributed by atoms with Crippen molar-refractivity contribution in [2.24, 2.45) is 0 Å². The first-order valence-electron chi connectivity index (χ1n) is 9.68. The van der Waals surface area contributed by atoms with Gasteiger partial charge in [-0.2, -0.15) is 0 Å². The number of nitrogens with two attached hydrogens (primary N) is 1. The van der Waals surface area contributed by atoms with Crippen molar-refractivity contribution in [3.05, 3.63) is 67.1 Å². The first-order chi connectivity index (χ1) is 14.3. The van der Waals surface area contributed by atoms with Crippen LogP contribution in [0, 0.1) is 0 Å². The Morgan fingerprint density at radius 2 is 1.55 bits per heavy atom. The summed E-state index contributed by atoms with van der Waals surface area (Å²) in [5.74, 6) is 0.505. The van der Waals surface area contributed by atoms with Crippen molar-refractivity contribution in [1.29, 1.82) is 0 Å². The Hall–Kier alpha value is -3.51. The Balaban J connectivity index is 1.55. The van der Waals surface area contributed by atoms with Gasteiger partial charge in [-0.05, 0) is 47.5 Å². The van der Waals surface area contributed by atoms with Crippen LogP contribution in [0.15, 0.2) is 67.1 Å². The Bertz CT molecular complexity index is 1150. The minimum atomic E-state index is 0.505. The molecule has 2 aromatic carbocycles. The minimum absolute atomic E-state index is 0.505. The normalized spacial score (nSPS) is 14.3. The molecule has 29 heavy (non-hydrogen) atoms. The zero-order valence-corrected chi connectivity index (χ0v) is 16.0. The highest BCUT2D eigenvalue weighted by molar-refractivity contribution is 5.95. The third-order valence-corrected chi connectivity index (χ3v) is 5.27. The first-order valence-corrected chi connectivity index (χ1v) is 9.68. The van der Waals surface area contributed by atoms with E-state index in [0.29, 0.717) is 5.82 Å². The average molecular weight is 383 g/mol. The molecule has 3 heterocycles. The first kappa shape index (κ1) is 17.6. The molecular formula is C23H21N5O. The highest BCUT2D eigenvalue weighted by Gasteiger charge is 2.13. The van der Waals surface area contributed by atoms with E-state index in [1.165, 1.54) is 5.69 Å². The summed E-state index contributed by atoms with van der Waals surface area (Å²) in [6, 6.07) is 18.6. The van der Waals surface area contributed by atoms with Crippen LogP contribution in [-0.2, 0) is 4.74 Å². The molecule has 1 saturated heterocycles. The van der Waals surface area contributed by atoms with Crippen LogP contribution in [0.3, 0.4) is 0 Å². The number of benzene rings is 2. The minimum Gasteiger partial charge on any atom is -0.384 e. The predicted molar refractivity (Wildman–Crippen MR) is 116 cm³/mol. The topological polar surface area (TPSA) is 77.2 Å². The van der Waals surface area contributed by atoms with Crippen LogP contribution in [0.2, 0.25) is 0 Å². The number of anilines is 2. The maximum absolute atomic E-state index is 5.86. The summed E-state index contributed by atoms with van der Waals surface area (Å²) in [6.45, 7) is 3.41. The van der Waals surface area contributed by atoms with Crippen LogP contribution in [0.4, 0.5) is 11.5 Å². The molecule has 2 aromatic heterocycles. The fraction of sp³-hybridized carbons (Fsp3) is 0.174. The number of nitrogens with zero attached hydrogens (tertiary/aromatic N) is 4. The molecule has 4 aromatic rings. The standard InChI is InChI=1S/C23H21N5O/c24-22-14-18(7-8-25-22)17-3-6-21-20(13-17)23(27-15-26-21)16-1-4-19(5-2-16)28-9-11-29-12-10-28/h1-8,13-15H,9-12H2,(H2,24,25). The molecule has 1 fully saturated rings. The lowest BCUT2D eigenvalue weighted by Crippen LogP contribution is -2.36. The predicted octanol–water partition coefficient (Wildman–Crippen LogP) is 3.78. The maximum Gasteiger partial charge on any atom is 0.123 e. The van der Waals surface area contributed by atoms with Crippen molar-refractivity contribution in [2.45, 2.75) is 0 Å². The SMILES string of the molecule is Nc1cc(-c2ccc3ncnc(-c4ccc(N5CCOCC5)cc4)c3c2)ccn1. The van der Waals surface area contributed by atoms with E-state index >= 15 is 0 Å². The number of aromatic nitrogens is 3. The lowest BCUT2D eigenvalue weighted by atomic mass is 10.0. The highest BCUT2D eigenvalue weighted by Crippen LogP contribution is 2.31. The molecule has 144 valence electrons. The molecule has 1 aliphatic heterocycles. The van der Waals surface area contributed by atoms with E-state index in [4.69, 9.17) is 10.5 Å². The van der Waals surface area contributed by atoms with Gasteiger partial charge in [0.25, 0.3) is 0 Å². The number of ether oxygens (including phenoxy) is 1. The van der Waals surface area contributed by atoms with Crippen molar-refractivity contribution in [3.8, 4) is 22.4 Å². The van der Waals surface area contributed by atoms with Crippen molar-refractivity contribution >= 4 is 22.4 Å². The highest BCUT2D eigenvalue weighted by atomic mass is 16.5. The molecule has 0 saturated carbocycles. The Morgan fingerprint density at radius 1 is 0.793 bits per heavy atom. The second kappa shape index (κ2) is 7.48. The third-order valence-electron chi connectivity index (χ3n) is 5.27. The maximum atomic E-state index is 5.86. The van der Waals surface area contributed by atoms with Crippen LogP contribution in [-0.4, -0.2) is 41.3 Å². The molecule has 0 unspecified atom stereocenters. The third kappa shape index (κ3) is 3.50. The molecule has 5 rings (SSSR count). The Morgan fingerprint density at radius 3 is 2.34 bits per heavy atom. The number of hydrogen-bond acceptors (Lipinski definition) is 6. The van der Waals surface area contributed by atoms with Gasteiger partial charge < -0.3 is 15.4 Å². The molecule has 2 N–H and O–H groups in total. The van der Waals surface area contributed by atoms with Gasteiger partial charge in [0, 0.05) is 35.9 Å². The van der Waals surface area contributed by atoms with Gasteiger partial charge in [-0.15, -0.1) is 0 Å². The fourth-order valence-corrected chi connectivity index (χ4v) is 3.75. The van der Waals surface area contributed by atoms with E-state index in [1.807, 2.05) is 18.2 Å². The largest absolute Gasteiger partial charge is 0.384 e. The number of hydrogen-bond donors (Lipinski definition) is 1. The van der Waals surface area contributed by atoms with E-state index in [1.54, 1.807) is 12.5 Å². The molecule has 1 aliphatic rings. The van der Waals surface area contributed by atoms with Crippen LogP contribution in [0.5, 0.6) is 0 Å². The smallest absolute Gasteiger partial charge is 0.123 e. The van der Waals surface area contributed by atoms with Gasteiger partial charge in [-0.1, -0.05) is 18.2 Å². The lowest BCUT2D eigenvalue weighted by molar-refractivity contribution is 0.122. The quantitative estimate of drug-likeness (QED) is 0.580. The van der Waals surface area contributed by atoms with Gasteiger partial charge in [0.15, 0.2) is 0 Å². The molecule has 0 aliphatic carbocycles. The lowest BCUT2D eigenvalue weighted by Gasteiger charge is -2.28. The number of nitrogen functional groups attached to an aromatic ring is 1. The van der Waals surface area contributed by atoms with E-state index in [0.717, 1.165) is 59.6 Å². The summed E-state index contributed by atoms with van der Waals surface area (Å²) in [7, 11) is 0. The average Bonchev–Trinajstić information content (AvgIpc) is 2.79. The van der Waals surface area contributed by atoms with Crippen molar-refractivity contribution in [3.63, 3.8) is 0 Å². The second-order valence-electron chi connectivity index (χ2n) is 7.07. The molecule has 0 spiro atoms. The van der Waals surface area contributed by atoms with Gasteiger partial charge in [0.2, 0.25) is 0 Å². The number of pyridine rings is 1. The number of rotatable bonds is 3. The van der Waals surface area contributed by atoms with E-state index < -0.39 is 0 Å². The van der Waals surface area contributed by atoms with Gasteiger partial charge in [0.1, 0.15) is 12.1 Å². The summed E-state index contributed by atoms with van der Waals surface area (Å²) in [5, 5.41) is 1.01. The van der Waals surface area contributed by atoms with Crippen LogP contribution in [0.25, 0.3) is 33.3 Å². The monoisotopic (exact) mass is 383 g/mol. The zero-order valence-electron chi connectivity index (χ0n) is 16.0. The number of fused-ring (bicyclic) bond motifs is 1. The zero-order chi connectivity index (χ0) is 19.6. The van der Waals surface area contributed by atoms with Crippen molar-refractivity contribution in [1.82, 2.24) is 15.0 Å². The molecule has 6 heteroatoms. The molecule has 0 amide bonds. The van der Waals surface area contributed by atoms with Crippen LogP contribution < -0.4 is 10.6 Å². The van der Waals surface area contributed by atoms with E-state index in [-0.39, 0.29) is 0 Å². The molecule has 6 nitrogen and oxygen atoms in total.